The van der Waals surface area contributed by atoms with Crippen LogP contribution in [0.3, 0.4) is 0 Å². The molecule has 0 aliphatic heterocycles. The van der Waals surface area contributed by atoms with Crippen LogP contribution in [0, 0.1) is 12.8 Å². The number of rotatable bonds is 3. The molecular formula is C11H16N4O2. The number of carbonyl (C=O) groups excluding carboxylic acids is 1. The van der Waals surface area contributed by atoms with Gasteiger partial charge < -0.3 is 0 Å². The van der Waals surface area contributed by atoms with Gasteiger partial charge in [0.25, 0.3) is 5.56 Å². The second kappa shape index (κ2) is 5.38. The Morgan fingerprint density at radius 1 is 1.53 bits per heavy atom. The minimum atomic E-state index is -0.366. The maximum Gasteiger partial charge on any atom is 0.278 e. The van der Waals surface area contributed by atoms with Gasteiger partial charge in [0.05, 0.1) is 5.69 Å². The highest BCUT2D eigenvalue weighted by molar-refractivity contribution is 5.90. The third-order valence-electron chi connectivity index (χ3n) is 2.09. The molecule has 0 aromatic carbocycles. The Bertz CT molecular complexity index is 503. The quantitative estimate of drug-likeness (QED) is 0.777. The number of H-pyrrole nitrogens is 1. The summed E-state index contributed by atoms with van der Waals surface area (Å²) < 4.78 is 0. The van der Waals surface area contributed by atoms with Gasteiger partial charge in [0, 0.05) is 12.1 Å². The predicted octanol–water partition coefficient (Wildman–Crippen LogP) is 1.40. The number of aliphatic imine (C=N–C) groups is 1. The van der Waals surface area contributed by atoms with Gasteiger partial charge in [0.2, 0.25) is 11.9 Å². The van der Waals surface area contributed by atoms with Gasteiger partial charge in [-0.05, 0) is 13.8 Å². The molecular weight excluding hydrogens is 220 g/mol. The Labute approximate surface area is 99.2 Å². The molecule has 17 heavy (non-hydrogen) atoms. The lowest BCUT2D eigenvalue weighted by Gasteiger charge is -2.07. The largest absolute Gasteiger partial charge is 0.296 e. The molecule has 0 unspecified atom stereocenters. The van der Waals surface area contributed by atoms with Gasteiger partial charge in [0.15, 0.2) is 0 Å². The lowest BCUT2D eigenvalue weighted by molar-refractivity contribution is -0.118. The third-order valence-corrected chi connectivity index (χ3v) is 2.09. The summed E-state index contributed by atoms with van der Waals surface area (Å²) in [4.78, 5) is 33.6. The number of anilines is 1. The van der Waals surface area contributed by atoms with E-state index >= 15 is 0 Å². The Kier molecular flexibility index (Phi) is 4.14. The monoisotopic (exact) mass is 236 g/mol. The summed E-state index contributed by atoms with van der Waals surface area (Å²) in [6.07, 6.45) is 1.52. The first-order chi connectivity index (χ1) is 7.95. The fourth-order valence-electron chi connectivity index (χ4n) is 1.18. The van der Waals surface area contributed by atoms with E-state index in [9.17, 15) is 9.59 Å². The van der Waals surface area contributed by atoms with E-state index in [-0.39, 0.29) is 29.0 Å². The first kappa shape index (κ1) is 13.1. The van der Waals surface area contributed by atoms with Crippen LogP contribution in [0.25, 0.3) is 0 Å². The molecule has 1 aromatic rings. The summed E-state index contributed by atoms with van der Waals surface area (Å²) in [6.45, 7) is 6.90. The summed E-state index contributed by atoms with van der Waals surface area (Å²) in [7, 11) is 0. The van der Waals surface area contributed by atoms with E-state index in [0.717, 1.165) is 0 Å². The van der Waals surface area contributed by atoms with Crippen molar-refractivity contribution >= 4 is 23.8 Å². The van der Waals surface area contributed by atoms with Crippen LogP contribution in [0.1, 0.15) is 26.5 Å². The van der Waals surface area contributed by atoms with Crippen molar-refractivity contribution in [1.82, 2.24) is 9.97 Å². The number of nitrogens with zero attached hydrogens (tertiary/aromatic N) is 2. The van der Waals surface area contributed by atoms with Crippen LogP contribution >= 0.6 is 0 Å². The SMILES string of the molecule is C/C=N\c1c(C)nc(NC(=O)C(C)C)[nH]c1=O. The molecule has 1 amide bonds. The highest BCUT2D eigenvalue weighted by Crippen LogP contribution is 2.11. The number of aromatic amines is 1. The summed E-state index contributed by atoms with van der Waals surface area (Å²) >= 11 is 0. The fraction of sp³-hybridized carbons (Fsp3) is 0.455. The molecule has 1 rings (SSSR count). The molecule has 0 fully saturated rings. The van der Waals surface area contributed by atoms with Crippen LogP contribution in [0.15, 0.2) is 9.79 Å². The molecule has 6 nitrogen and oxygen atoms in total. The number of carbonyl (C=O) groups is 1. The van der Waals surface area contributed by atoms with Crippen molar-refractivity contribution in [2.24, 2.45) is 10.9 Å². The van der Waals surface area contributed by atoms with Crippen LogP contribution in [0.4, 0.5) is 11.6 Å². The molecule has 0 radical (unpaired) electrons. The van der Waals surface area contributed by atoms with Crippen LogP contribution in [-0.2, 0) is 4.79 Å². The molecule has 0 saturated heterocycles. The normalized spacial score (nSPS) is 11.1. The van der Waals surface area contributed by atoms with E-state index in [4.69, 9.17) is 0 Å². The zero-order valence-electron chi connectivity index (χ0n) is 10.4. The van der Waals surface area contributed by atoms with Gasteiger partial charge in [0.1, 0.15) is 5.69 Å². The molecule has 1 heterocycles. The zero-order chi connectivity index (χ0) is 13.0. The maximum absolute atomic E-state index is 11.6. The first-order valence-electron chi connectivity index (χ1n) is 5.36. The van der Waals surface area contributed by atoms with Crippen molar-refractivity contribution < 1.29 is 4.79 Å². The van der Waals surface area contributed by atoms with Gasteiger partial charge in [-0.25, -0.2) is 4.98 Å². The molecule has 0 aliphatic rings. The maximum atomic E-state index is 11.6. The third kappa shape index (κ3) is 3.24. The van der Waals surface area contributed by atoms with E-state index in [0.29, 0.717) is 5.69 Å². The van der Waals surface area contributed by atoms with Crippen LogP contribution in [0.2, 0.25) is 0 Å². The number of hydrogen-bond donors (Lipinski definition) is 2. The lowest BCUT2D eigenvalue weighted by atomic mass is 10.2. The minimum absolute atomic E-state index is 0.154. The van der Waals surface area contributed by atoms with E-state index in [1.807, 2.05) is 0 Å². The standard InChI is InChI=1S/C11H16N4O2/c1-5-12-8-7(4)13-11(15-10(8)17)14-9(16)6(2)3/h5-6H,1-4H3,(H2,13,14,15,16,17)/b12-5-. The lowest BCUT2D eigenvalue weighted by Crippen LogP contribution is -2.22. The smallest absolute Gasteiger partial charge is 0.278 e. The number of nitrogens with one attached hydrogen (secondary N) is 2. The van der Waals surface area contributed by atoms with Gasteiger partial charge in [-0.1, -0.05) is 13.8 Å². The average Bonchev–Trinajstić information content (AvgIpc) is 2.23. The van der Waals surface area contributed by atoms with Crippen molar-refractivity contribution in [3.63, 3.8) is 0 Å². The van der Waals surface area contributed by atoms with Crippen LogP contribution in [-0.4, -0.2) is 22.1 Å². The summed E-state index contributed by atoms with van der Waals surface area (Å²) in [5.41, 5.74) is 0.371. The molecule has 0 atom stereocenters. The first-order valence-corrected chi connectivity index (χ1v) is 5.36. The number of aromatic nitrogens is 2. The van der Waals surface area contributed by atoms with Crippen LogP contribution < -0.4 is 10.9 Å². The summed E-state index contributed by atoms with van der Waals surface area (Å²) in [5.74, 6) is -0.213. The molecule has 0 aliphatic carbocycles. The summed E-state index contributed by atoms with van der Waals surface area (Å²) in [5, 5.41) is 2.53. The van der Waals surface area contributed by atoms with Crippen LogP contribution in [0.5, 0.6) is 0 Å². The van der Waals surface area contributed by atoms with Gasteiger partial charge in [-0.3, -0.25) is 24.9 Å². The zero-order valence-corrected chi connectivity index (χ0v) is 10.4. The highest BCUT2D eigenvalue weighted by atomic mass is 16.2. The number of amides is 1. The van der Waals surface area contributed by atoms with Crippen molar-refractivity contribution in [3.05, 3.63) is 16.0 Å². The molecule has 92 valence electrons. The highest BCUT2D eigenvalue weighted by Gasteiger charge is 2.11. The molecule has 0 saturated carbocycles. The topological polar surface area (TPSA) is 87.2 Å². The van der Waals surface area contributed by atoms with Gasteiger partial charge >= 0.3 is 0 Å². The number of aryl methyl sites for hydroxylation is 1. The Hall–Kier alpha value is -1.98. The Balaban J connectivity index is 3.07. The second-order valence-electron chi connectivity index (χ2n) is 3.88. The van der Waals surface area contributed by atoms with Gasteiger partial charge in [-0.2, -0.15) is 0 Å². The fourth-order valence-corrected chi connectivity index (χ4v) is 1.18. The van der Waals surface area contributed by atoms with E-state index in [2.05, 4.69) is 20.3 Å². The molecule has 6 heteroatoms. The molecule has 0 spiro atoms. The number of hydrogen-bond acceptors (Lipinski definition) is 4. The van der Waals surface area contributed by atoms with Crippen molar-refractivity contribution in [2.75, 3.05) is 5.32 Å². The molecule has 0 bridgehead atoms. The molecule has 2 N–H and O–H groups in total. The molecule has 1 aromatic heterocycles. The van der Waals surface area contributed by atoms with Crippen molar-refractivity contribution in [1.29, 1.82) is 0 Å². The van der Waals surface area contributed by atoms with Crippen molar-refractivity contribution in [2.45, 2.75) is 27.7 Å². The van der Waals surface area contributed by atoms with E-state index < -0.39 is 0 Å². The Morgan fingerprint density at radius 3 is 2.65 bits per heavy atom. The van der Waals surface area contributed by atoms with Crippen molar-refractivity contribution in [3.8, 4) is 0 Å². The summed E-state index contributed by atoms with van der Waals surface area (Å²) in [6, 6.07) is 0. The van der Waals surface area contributed by atoms with Gasteiger partial charge in [-0.15, -0.1) is 0 Å². The minimum Gasteiger partial charge on any atom is -0.296 e. The Morgan fingerprint density at radius 2 is 2.18 bits per heavy atom. The predicted molar refractivity (Wildman–Crippen MR) is 66.9 cm³/mol. The van der Waals surface area contributed by atoms with E-state index in [1.54, 1.807) is 27.7 Å². The average molecular weight is 236 g/mol. The second-order valence-corrected chi connectivity index (χ2v) is 3.88. The van der Waals surface area contributed by atoms with E-state index in [1.165, 1.54) is 6.21 Å².